The molecule has 2 aromatic heterocycles. The molecule has 1 saturated heterocycles. The maximum absolute atomic E-state index is 12.5. The van der Waals surface area contributed by atoms with Gasteiger partial charge in [-0.05, 0) is 44.0 Å². The van der Waals surface area contributed by atoms with Crippen LogP contribution in [0.5, 0.6) is 0 Å². The average Bonchev–Trinajstić information content (AvgIpc) is 3.06. The number of morpholine rings is 1. The van der Waals surface area contributed by atoms with E-state index in [0.717, 1.165) is 44.8 Å². The molecule has 6 nitrogen and oxygen atoms in total. The van der Waals surface area contributed by atoms with Crippen LogP contribution in [0.4, 0.5) is 5.69 Å². The Morgan fingerprint density at radius 3 is 2.88 bits per heavy atom. The minimum absolute atomic E-state index is 0.0937. The van der Waals surface area contributed by atoms with Crippen molar-refractivity contribution in [3.05, 3.63) is 48.0 Å². The molecule has 1 N–H and O–H groups in total. The van der Waals surface area contributed by atoms with Crippen molar-refractivity contribution >= 4 is 11.6 Å². The Balaban J connectivity index is 1.56. The van der Waals surface area contributed by atoms with Gasteiger partial charge in [-0.25, -0.2) is 0 Å². The lowest BCUT2D eigenvalue weighted by Gasteiger charge is -2.28. The van der Waals surface area contributed by atoms with Crippen molar-refractivity contribution in [3.63, 3.8) is 0 Å². The van der Waals surface area contributed by atoms with Gasteiger partial charge in [-0.2, -0.15) is 0 Å². The second-order valence-corrected chi connectivity index (χ2v) is 6.52. The molecule has 1 amide bonds. The van der Waals surface area contributed by atoms with Crippen molar-refractivity contribution in [3.8, 4) is 0 Å². The van der Waals surface area contributed by atoms with Crippen molar-refractivity contribution in [1.29, 1.82) is 0 Å². The summed E-state index contributed by atoms with van der Waals surface area (Å²) in [5.74, 6) is -0.116. The summed E-state index contributed by atoms with van der Waals surface area (Å²) in [4.78, 5) is 19.0. The van der Waals surface area contributed by atoms with Gasteiger partial charge in [-0.1, -0.05) is 0 Å². The molecule has 1 aliphatic rings. The second-order valence-electron chi connectivity index (χ2n) is 6.52. The fourth-order valence-corrected chi connectivity index (χ4v) is 3.05. The van der Waals surface area contributed by atoms with Crippen LogP contribution in [-0.2, 0) is 18.2 Å². The number of ether oxygens (including phenoxy) is 1. The van der Waals surface area contributed by atoms with E-state index in [1.54, 1.807) is 6.20 Å². The Bertz CT molecular complexity index is 707. The summed E-state index contributed by atoms with van der Waals surface area (Å²) >= 11 is 0. The highest BCUT2D eigenvalue weighted by Gasteiger charge is 2.15. The van der Waals surface area contributed by atoms with Gasteiger partial charge in [0, 0.05) is 50.0 Å². The number of rotatable bonds is 6. The molecule has 1 aliphatic heterocycles. The number of pyridine rings is 1. The van der Waals surface area contributed by atoms with E-state index in [9.17, 15) is 4.79 Å². The van der Waals surface area contributed by atoms with Gasteiger partial charge in [0.05, 0.1) is 13.2 Å². The van der Waals surface area contributed by atoms with Gasteiger partial charge in [0.25, 0.3) is 5.91 Å². The predicted molar refractivity (Wildman–Crippen MR) is 97.9 cm³/mol. The third-order valence-corrected chi connectivity index (χ3v) is 4.61. The Morgan fingerprint density at radius 2 is 2.16 bits per heavy atom. The molecule has 3 heterocycles. The highest BCUT2D eigenvalue weighted by atomic mass is 16.5. The number of nitrogens with one attached hydrogen (secondary N) is 1. The molecule has 6 heteroatoms. The first kappa shape index (κ1) is 17.5. The summed E-state index contributed by atoms with van der Waals surface area (Å²) in [5, 5.41) is 3.05. The summed E-state index contributed by atoms with van der Waals surface area (Å²) < 4.78 is 7.49. The minimum Gasteiger partial charge on any atom is -0.378 e. The maximum atomic E-state index is 12.5. The fraction of sp³-hybridized carbons (Fsp3) is 0.474. The minimum atomic E-state index is -0.116. The van der Waals surface area contributed by atoms with E-state index in [-0.39, 0.29) is 11.9 Å². The van der Waals surface area contributed by atoms with Crippen LogP contribution in [-0.4, -0.2) is 47.8 Å². The van der Waals surface area contributed by atoms with Crippen LogP contribution in [0.25, 0.3) is 0 Å². The SMILES string of the molecule is CC(CCc1cccn1C)NC(=O)c1cc(N2CCOCC2)ccn1. The largest absolute Gasteiger partial charge is 0.378 e. The molecule has 25 heavy (non-hydrogen) atoms. The van der Waals surface area contributed by atoms with Gasteiger partial charge in [-0.15, -0.1) is 0 Å². The van der Waals surface area contributed by atoms with Gasteiger partial charge in [0.2, 0.25) is 0 Å². The molecular formula is C19H26N4O2. The number of aryl methyl sites for hydroxylation is 2. The lowest BCUT2D eigenvalue weighted by molar-refractivity contribution is 0.0933. The lowest BCUT2D eigenvalue weighted by atomic mass is 10.1. The fourth-order valence-electron chi connectivity index (χ4n) is 3.05. The zero-order chi connectivity index (χ0) is 17.6. The van der Waals surface area contributed by atoms with E-state index in [1.807, 2.05) is 38.4 Å². The summed E-state index contributed by atoms with van der Waals surface area (Å²) in [6.45, 7) is 5.17. The van der Waals surface area contributed by atoms with Crippen molar-refractivity contribution in [2.75, 3.05) is 31.2 Å². The zero-order valence-corrected chi connectivity index (χ0v) is 14.9. The standard InChI is InChI=1S/C19H26N4O2/c1-15(5-6-16-4-3-9-22(16)2)21-19(24)18-14-17(7-8-20-18)23-10-12-25-13-11-23/h3-4,7-9,14-15H,5-6,10-13H2,1-2H3,(H,21,24). The number of nitrogens with zero attached hydrogens (tertiary/aromatic N) is 3. The normalized spacial score (nSPS) is 15.8. The molecule has 3 rings (SSSR count). The van der Waals surface area contributed by atoms with Crippen LogP contribution < -0.4 is 10.2 Å². The monoisotopic (exact) mass is 342 g/mol. The Kier molecular flexibility index (Phi) is 5.71. The van der Waals surface area contributed by atoms with Gasteiger partial charge >= 0.3 is 0 Å². The molecule has 0 spiro atoms. The average molecular weight is 342 g/mol. The van der Waals surface area contributed by atoms with E-state index >= 15 is 0 Å². The van der Waals surface area contributed by atoms with Crippen LogP contribution in [0.1, 0.15) is 29.5 Å². The highest BCUT2D eigenvalue weighted by molar-refractivity contribution is 5.93. The first-order valence-corrected chi connectivity index (χ1v) is 8.83. The number of hydrogen-bond donors (Lipinski definition) is 1. The van der Waals surface area contributed by atoms with Crippen LogP contribution in [0, 0.1) is 0 Å². The number of anilines is 1. The van der Waals surface area contributed by atoms with Gasteiger partial charge in [-0.3, -0.25) is 9.78 Å². The van der Waals surface area contributed by atoms with Crippen LogP contribution in [0.3, 0.4) is 0 Å². The molecular weight excluding hydrogens is 316 g/mol. The van der Waals surface area contributed by atoms with Crippen LogP contribution >= 0.6 is 0 Å². The number of carbonyl (C=O) groups is 1. The molecule has 0 aromatic carbocycles. The highest BCUT2D eigenvalue weighted by Crippen LogP contribution is 2.16. The van der Waals surface area contributed by atoms with Crippen LogP contribution in [0.15, 0.2) is 36.7 Å². The quantitative estimate of drug-likeness (QED) is 0.872. The number of hydrogen-bond acceptors (Lipinski definition) is 4. The molecule has 0 aliphatic carbocycles. The second kappa shape index (κ2) is 8.16. The van der Waals surface area contributed by atoms with Gasteiger partial charge in [0.1, 0.15) is 5.69 Å². The van der Waals surface area contributed by atoms with Gasteiger partial charge < -0.3 is 19.5 Å². The summed E-state index contributed by atoms with van der Waals surface area (Å²) in [6, 6.07) is 8.06. The predicted octanol–water partition coefficient (Wildman–Crippen LogP) is 2.01. The zero-order valence-electron chi connectivity index (χ0n) is 14.9. The molecule has 0 saturated carbocycles. The van der Waals surface area contributed by atoms with Crippen molar-refractivity contribution < 1.29 is 9.53 Å². The third-order valence-electron chi connectivity index (χ3n) is 4.61. The summed E-state index contributed by atoms with van der Waals surface area (Å²) in [6.07, 6.45) is 5.58. The van der Waals surface area contributed by atoms with Crippen molar-refractivity contribution in [2.45, 2.75) is 25.8 Å². The van der Waals surface area contributed by atoms with Crippen molar-refractivity contribution in [1.82, 2.24) is 14.9 Å². The molecule has 1 unspecified atom stereocenters. The molecule has 1 fully saturated rings. The summed E-state index contributed by atoms with van der Waals surface area (Å²) in [5.41, 5.74) is 2.77. The van der Waals surface area contributed by atoms with E-state index in [0.29, 0.717) is 5.69 Å². The molecule has 2 aromatic rings. The van der Waals surface area contributed by atoms with Gasteiger partial charge in [0.15, 0.2) is 0 Å². The van der Waals surface area contributed by atoms with E-state index in [1.165, 1.54) is 5.69 Å². The smallest absolute Gasteiger partial charge is 0.270 e. The molecule has 0 radical (unpaired) electrons. The topological polar surface area (TPSA) is 59.4 Å². The van der Waals surface area contributed by atoms with E-state index in [2.05, 4.69) is 25.8 Å². The number of amides is 1. The Labute approximate surface area is 148 Å². The third kappa shape index (κ3) is 4.60. The van der Waals surface area contributed by atoms with E-state index < -0.39 is 0 Å². The summed E-state index contributed by atoms with van der Waals surface area (Å²) in [7, 11) is 2.04. The lowest BCUT2D eigenvalue weighted by Crippen LogP contribution is -2.37. The first-order valence-electron chi connectivity index (χ1n) is 8.83. The number of carbonyl (C=O) groups excluding carboxylic acids is 1. The Morgan fingerprint density at radius 1 is 1.36 bits per heavy atom. The molecule has 1 atom stereocenters. The number of aromatic nitrogens is 2. The maximum Gasteiger partial charge on any atom is 0.270 e. The van der Waals surface area contributed by atoms with E-state index in [4.69, 9.17) is 4.74 Å². The molecule has 0 bridgehead atoms. The molecule has 134 valence electrons. The van der Waals surface area contributed by atoms with Crippen molar-refractivity contribution in [2.24, 2.45) is 7.05 Å². The van der Waals surface area contributed by atoms with Crippen LogP contribution in [0.2, 0.25) is 0 Å². The Hall–Kier alpha value is -2.34. The first-order chi connectivity index (χ1) is 12.1.